The molecule has 6 nitrogen and oxygen atoms in total. The van der Waals surface area contributed by atoms with Crippen molar-refractivity contribution in [2.24, 2.45) is 5.41 Å². The minimum Gasteiger partial charge on any atom is -0.334 e. The fourth-order valence-corrected chi connectivity index (χ4v) is 5.85. The zero-order chi connectivity index (χ0) is 27.5. The quantitative estimate of drug-likeness (QED) is 0.383. The Bertz CT molecular complexity index is 1640. The van der Waals surface area contributed by atoms with Gasteiger partial charge in [-0.1, -0.05) is 26.8 Å². The molecular formula is C31H28F2N4O2. The molecular weight excluding hydrogens is 498 g/mol. The summed E-state index contributed by atoms with van der Waals surface area (Å²) in [6, 6.07) is 13.2. The molecule has 1 aliphatic heterocycles. The van der Waals surface area contributed by atoms with E-state index in [1.165, 1.54) is 12.1 Å². The molecule has 8 heteroatoms. The van der Waals surface area contributed by atoms with Gasteiger partial charge in [0.25, 0.3) is 0 Å². The average Bonchev–Trinajstić information content (AvgIpc) is 3.37. The van der Waals surface area contributed by atoms with Crippen LogP contribution >= 0.6 is 0 Å². The van der Waals surface area contributed by atoms with Crippen LogP contribution in [0.3, 0.4) is 0 Å². The van der Waals surface area contributed by atoms with E-state index in [-0.39, 0.29) is 24.9 Å². The molecule has 1 spiro atoms. The maximum atomic E-state index is 13.9. The van der Waals surface area contributed by atoms with Gasteiger partial charge < -0.3 is 10.2 Å². The fraction of sp³-hybridized carbons (Fsp3) is 0.290. The molecule has 0 saturated heterocycles. The monoisotopic (exact) mass is 526 g/mol. The third-order valence-electron chi connectivity index (χ3n) is 7.63. The van der Waals surface area contributed by atoms with Crippen molar-refractivity contribution in [2.75, 3.05) is 5.32 Å². The van der Waals surface area contributed by atoms with Crippen LogP contribution in [-0.2, 0) is 40.9 Å². The van der Waals surface area contributed by atoms with Crippen LogP contribution in [0.5, 0.6) is 0 Å². The van der Waals surface area contributed by atoms with E-state index in [0.717, 1.165) is 39.2 Å². The maximum Gasteiger partial charge on any atom is 0.237 e. The van der Waals surface area contributed by atoms with Gasteiger partial charge in [0.15, 0.2) is 0 Å². The molecule has 1 aliphatic carbocycles. The molecule has 39 heavy (non-hydrogen) atoms. The molecule has 2 aromatic heterocycles. The SMILES string of the molecule is CC(C)(C)C(=O)N(Cc1cc(F)cc(F)c1)Cc1cnc2cc3c(cc2c1)CC1(C3)C(=O)Nc2ncccc21. The van der Waals surface area contributed by atoms with Gasteiger partial charge in [0.05, 0.1) is 10.9 Å². The standard InChI is InChI=1S/C31H28F2N4O2/c1-30(2,3)29(39)37(16-18-8-23(32)12-24(33)9-18)17-19-7-20-10-21-13-31(14-22(21)11-26(20)35-15-19)25-5-4-6-34-27(25)36-28(31)38/h4-12,15H,13-14,16-17H2,1-3H3,(H,34,36,38). The van der Waals surface area contributed by atoms with E-state index in [1.807, 2.05) is 45.0 Å². The molecule has 1 N–H and O–H groups in total. The van der Waals surface area contributed by atoms with Crippen LogP contribution in [0.25, 0.3) is 10.9 Å². The first kappa shape index (κ1) is 25.1. The summed E-state index contributed by atoms with van der Waals surface area (Å²) in [6.45, 7) is 5.76. The number of rotatable bonds is 4. The summed E-state index contributed by atoms with van der Waals surface area (Å²) in [4.78, 5) is 37.0. The molecule has 4 aromatic rings. The minimum atomic E-state index is -0.682. The van der Waals surface area contributed by atoms with Crippen molar-refractivity contribution in [3.05, 3.63) is 100 Å². The molecule has 1 unspecified atom stereocenters. The van der Waals surface area contributed by atoms with Crippen LogP contribution in [0.15, 0.2) is 60.9 Å². The third-order valence-corrected chi connectivity index (χ3v) is 7.63. The molecule has 2 aliphatic rings. The first-order chi connectivity index (χ1) is 18.5. The van der Waals surface area contributed by atoms with Crippen LogP contribution in [0.2, 0.25) is 0 Å². The number of benzene rings is 2. The molecule has 1 atom stereocenters. The van der Waals surface area contributed by atoms with Crippen LogP contribution in [0.4, 0.5) is 14.6 Å². The number of hydrogen-bond acceptors (Lipinski definition) is 4. The topological polar surface area (TPSA) is 75.2 Å². The van der Waals surface area contributed by atoms with Crippen LogP contribution in [-0.4, -0.2) is 26.7 Å². The number of aromatic nitrogens is 2. The van der Waals surface area contributed by atoms with E-state index >= 15 is 0 Å². The Kier molecular flexibility index (Phi) is 5.75. The van der Waals surface area contributed by atoms with E-state index in [4.69, 9.17) is 0 Å². The van der Waals surface area contributed by atoms with Crippen molar-refractivity contribution in [1.82, 2.24) is 14.9 Å². The number of pyridine rings is 2. The molecule has 3 heterocycles. The van der Waals surface area contributed by atoms with Crippen molar-refractivity contribution in [1.29, 1.82) is 0 Å². The molecule has 0 saturated carbocycles. The summed E-state index contributed by atoms with van der Waals surface area (Å²) in [5.74, 6) is -0.900. The maximum absolute atomic E-state index is 13.9. The molecule has 0 bridgehead atoms. The zero-order valence-electron chi connectivity index (χ0n) is 22.0. The number of nitrogens with one attached hydrogen (secondary N) is 1. The number of amides is 2. The van der Waals surface area contributed by atoms with Gasteiger partial charge in [0, 0.05) is 47.9 Å². The van der Waals surface area contributed by atoms with Crippen LogP contribution < -0.4 is 5.32 Å². The highest BCUT2D eigenvalue weighted by Gasteiger charge is 2.51. The van der Waals surface area contributed by atoms with E-state index in [9.17, 15) is 18.4 Å². The molecule has 0 radical (unpaired) electrons. The highest BCUT2D eigenvalue weighted by molar-refractivity contribution is 6.06. The normalized spacial score (nSPS) is 17.8. The van der Waals surface area contributed by atoms with Crippen LogP contribution in [0, 0.1) is 17.0 Å². The molecule has 2 aromatic carbocycles. The van der Waals surface area contributed by atoms with E-state index in [2.05, 4.69) is 21.4 Å². The Morgan fingerprint density at radius 2 is 1.67 bits per heavy atom. The first-order valence-electron chi connectivity index (χ1n) is 12.9. The molecule has 6 rings (SSSR count). The number of carbonyl (C=O) groups excluding carboxylic acids is 2. The summed E-state index contributed by atoms with van der Waals surface area (Å²) in [5, 5.41) is 3.85. The van der Waals surface area contributed by atoms with E-state index in [1.54, 1.807) is 17.3 Å². The Labute approximate surface area is 225 Å². The van der Waals surface area contributed by atoms with Crippen molar-refractivity contribution in [2.45, 2.75) is 52.1 Å². The summed E-state index contributed by atoms with van der Waals surface area (Å²) in [7, 11) is 0. The molecule has 198 valence electrons. The van der Waals surface area contributed by atoms with Crippen molar-refractivity contribution in [3.8, 4) is 0 Å². The van der Waals surface area contributed by atoms with E-state index < -0.39 is 22.5 Å². The van der Waals surface area contributed by atoms with Crippen molar-refractivity contribution in [3.63, 3.8) is 0 Å². The molecule has 2 amide bonds. The largest absolute Gasteiger partial charge is 0.334 e. The zero-order valence-corrected chi connectivity index (χ0v) is 22.0. The van der Waals surface area contributed by atoms with Gasteiger partial charge >= 0.3 is 0 Å². The van der Waals surface area contributed by atoms with E-state index in [0.29, 0.717) is 24.2 Å². The number of halogens is 2. The fourth-order valence-electron chi connectivity index (χ4n) is 5.85. The number of carbonyl (C=O) groups is 2. The average molecular weight is 527 g/mol. The van der Waals surface area contributed by atoms with Gasteiger partial charge in [0.1, 0.15) is 17.5 Å². The van der Waals surface area contributed by atoms with Gasteiger partial charge in [-0.05, 0) is 71.5 Å². The summed E-state index contributed by atoms with van der Waals surface area (Å²) < 4.78 is 27.7. The van der Waals surface area contributed by atoms with Gasteiger partial charge in [-0.2, -0.15) is 0 Å². The highest BCUT2D eigenvalue weighted by atomic mass is 19.1. The number of hydrogen-bond donors (Lipinski definition) is 1. The lowest BCUT2D eigenvalue weighted by molar-refractivity contribution is -0.140. The number of fused-ring (bicyclic) bond motifs is 4. The predicted molar refractivity (Wildman–Crippen MR) is 144 cm³/mol. The summed E-state index contributed by atoms with van der Waals surface area (Å²) >= 11 is 0. The lowest BCUT2D eigenvalue weighted by atomic mass is 9.79. The van der Waals surface area contributed by atoms with Gasteiger partial charge in [0.2, 0.25) is 11.8 Å². The Hall–Kier alpha value is -4.20. The highest BCUT2D eigenvalue weighted by Crippen LogP contribution is 2.47. The minimum absolute atomic E-state index is 0.0322. The predicted octanol–water partition coefficient (Wildman–Crippen LogP) is 5.47. The lowest BCUT2D eigenvalue weighted by Gasteiger charge is -2.30. The third kappa shape index (κ3) is 4.43. The smallest absolute Gasteiger partial charge is 0.237 e. The summed E-state index contributed by atoms with van der Waals surface area (Å²) in [6.07, 6.45) is 4.57. The Morgan fingerprint density at radius 3 is 2.38 bits per heavy atom. The second-order valence-electron chi connectivity index (χ2n) is 11.6. The lowest BCUT2D eigenvalue weighted by Crippen LogP contribution is -2.38. The molecule has 0 fully saturated rings. The second kappa shape index (κ2) is 8.93. The number of nitrogens with zero attached hydrogens (tertiary/aromatic N) is 3. The Balaban J connectivity index is 1.32. The van der Waals surface area contributed by atoms with Crippen LogP contribution in [0.1, 0.15) is 48.6 Å². The Morgan fingerprint density at radius 1 is 0.974 bits per heavy atom. The van der Waals surface area contributed by atoms with Crippen molar-refractivity contribution < 1.29 is 18.4 Å². The summed E-state index contributed by atoms with van der Waals surface area (Å²) in [5.41, 5.74) is 3.75. The first-order valence-corrected chi connectivity index (χ1v) is 12.9. The van der Waals surface area contributed by atoms with Gasteiger partial charge in [-0.15, -0.1) is 0 Å². The van der Waals surface area contributed by atoms with Gasteiger partial charge in [-0.3, -0.25) is 14.6 Å². The second-order valence-corrected chi connectivity index (χ2v) is 11.6. The van der Waals surface area contributed by atoms with Crippen molar-refractivity contribution >= 4 is 28.5 Å². The van der Waals surface area contributed by atoms with Gasteiger partial charge in [-0.25, -0.2) is 13.8 Å². The number of anilines is 1.